The van der Waals surface area contributed by atoms with Gasteiger partial charge < -0.3 is 0 Å². The molecule has 100 valence electrons. The van der Waals surface area contributed by atoms with E-state index in [1.165, 1.54) is 5.56 Å². The predicted molar refractivity (Wildman–Crippen MR) is 77.1 cm³/mol. The number of alkyl halides is 1. The highest BCUT2D eigenvalue weighted by Gasteiger charge is 2.27. The topological polar surface area (TPSA) is 46.2 Å². The van der Waals surface area contributed by atoms with Crippen molar-refractivity contribution in [3.63, 3.8) is 0 Å². The lowest BCUT2D eigenvalue weighted by Crippen LogP contribution is -2.32. The van der Waals surface area contributed by atoms with Gasteiger partial charge in [-0.2, -0.15) is 0 Å². The Morgan fingerprint density at radius 1 is 1.11 bits per heavy atom. The first-order valence-corrected chi connectivity index (χ1v) is 8.91. The fraction of sp³-hybridized carbons (Fsp3) is 0.538. The van der Waals surface area contributed by atoms with Gasteiger partial charge in [-0.15, -0.1) is 0 Å². The maximum atomic E-state index is 12.0. The zero-order chi connectivity index (χ0) is 13.0. The van der Waals surface area contributed by atoms with E-state index < -0.39 is 10.0 Å². The normalized spacial score (nSPS) is 17.2. The summed E-state index contributed by atoms with van der Waals surface area (Å²) in [6, 6.07) is 7.95. The van der Waals surface area contributed by atoms with E-state index in [1.54, 1.807) is 0 Å². The average molecular weight is 332 g/mol. The van der Waals surface area contributed by atoms with Crippen LogP contribution in [0.25, 0.3) is 0 Å². The van der Waals surface area contributed by atoms with Gasteiger partial charge in [-0.25, -0.2) is 13.1 Å². The summed E-state index contributed by atoms with van der Waals surface area (Å²) in [6.45, 7) is 0.390. The highest BCUT2D eigenvalue weighted by atomic mass is 79.9. The molecular formula is C13H18BrNO2S. The first-order valence-electron chi connectivity index (χ1n) is 6.24. The van der Waals surface area contributed by atoms with E-state index in [0.29, 0.717) is 6.54 Å². The van der Waals surface area contributed by atoms with Crippen molar-refractivity contribution in [3.05, 3.63) is 35.4 Å². The van der Waals surface area contributed by atoms with E-state index >= 15 is 0 Å². The summed E-state index contributed by atoms with van der Waals surface area (Å²) in [4.78, 5) is 0. The van der Waals surface area contributed by atoms with E-state index in [-0.39, 0.29) is 5.25 Å². The number of rotatable bonds is 5. The SMILES string of the molecule is O=S(=O)(NCc1ccc(CBr)cc1)C1CCCC1. The maximum Gasteiger partial charge on any atom is 0.214 e. The van der Waals surface area contributed by atoms with Crippen molar-refractivity contribution in [2.24, 2.45) is 0 Å². The van der Waals surface area contributed by atoms with E-state index in [1.807, 2.05) is 24.3 Å². The zero-order valence-corrected chi connectivity index (χ0v) is 12.6. The molecule has 0 bridgehead atoms. The van der Waals surface area contributed by atoms with Gasteiger partial charge in [0.15, 0.2) is 0 Å². The van der Waals surface area contributed by atoms with E-state index in [9.17, 15) is 8.42 Å². The Balaban J connectivity index is 1.93. The van der Waals surface area contributed by atoms with Crippen LogP contribution in [0, 0.1) is 0 Å². The second-order valence-electron chi connectivity index (χ2n) is 4.72. The third kappa shape index (κ3) is 3.56. The molecule has 0 unspecified atom stereocenters. The fourth-order valence-electron chi connectivity index (χ4n) is 2.25. The summed E-state index contributed by atoms with van der Waals surface area (Å²) < 4.78 is 26.7. The largest absolute Gasteiger partial charge is 0.214 e. The molecule has 0 aromatic heterocycles. The number of sulfonamides is 1. The Hall–Kier alpha value is -0.390. The van der Waals surface area contributed by atoms with Gasteiger partial charge >= 0.3 is 0 Å². The van der Waals surface area contributed by atoms with Crippen LogP contribution in [0.5, 0.6) is 0 Å². The summed E-state index contributed by atoms with van der Waals surface area (Å²) in [5.74, 6) is 0. The lowest BCUT2D eigenvalue weighted by Gasteiger charge is -2.12. The van der Waals surface area contributed by atoms with Crippen LogP contribution in [0.15, 0.2) is 24.3 Å². The van der Waals surface area contributed by atoms with Crippen LogP contribution >= 0.6 is 15.9 Å². The van der Waals surface area contributed by atoms with Crippen LogP contribution in [0.1, 0.15) is 36.8 Å². The summed E-state index contributed by atoms with van der Waals surface area (Å²) in [5, 5.41) is 0.639. The van der Waals surface area contributed by atoms with Gasteiger partial charge in [0.25, 0.3) is 0 Å². The standard InChI is InChI=1S/C13H18BrNO2S/c14-9-11-5-7-12(8-6-11)10-15-18(16,17)13-3-1-2-4-13/h5-8,13,15H,1-4,9-10H2. The molecular weight excluding hydrogens is 314 g/mol. The zero-order valence-electron chi connectivity index (χ0n) is 10.2. The van der Waals surface area contributed by atoms with Crippen LogP contribution < -0.4 is 4.72 Å². The quantitative estimate of drug-likeness (QED) is 0.843. The number of benzene rings is 1. The van der Waals surface area contributed by atoms with Crippen LogP contribution in [0.2, 0.25) is 0 Å². The Kier molecular flexibility index (Phi) is 4.81. The first kappa shape index (κ1) is 14.0. The van der Waals surface area contributed by atoms with Gasteiger partial charge in [0, 0.05) is 11.9 Å². The Morgan fingerprint density at radius 3 is 2.22 bits per heavy atom. The minimum absolute atomic E-state index is 0.181. The van der Waals surface area contributed by atoms with Crippen LogP contribution in [-0.2, 0) is 21.9 Å². The number of halogens is 1. The average Bonchev–Trinajstić information content (AvgIpc) is 2.92. The molecule has 1 aliphatic carbocycles. The maximum absolute atomic E-state index is 12.0. The van der Waals surface area contributed by atoms with Crippen molar-refractivity contribution < 1.29 is 8.42 Å². The van der Waals surface area contributed by atoms with Gasteiger partial charge in [0.2, 0.25) is 10.0 Å². The molecule has 1 saturated carbocycles. The first-order chi connectivity index (χ1) is 8.62. The molecule has 0 radical (unpaired) electrons. The fourth-order valence-corrected chi connectivity index (χ4v) is 4.18. The van der Waals surface area contributed by atoms with Crippen LogP contribution in [0.3, 0.4) is 0 Å². The summed E-state index contributed by atoms with van der Waals surface area (Å²) in [7, 11) is -3.13. The highest BCUT2D eigenvalue weighted by molar-refractivity contribution is 9.08. The molecule has 0 saturated heterocycles. The third-order valence-electron chi connectivity index (χ3n) is 3.40. The molecule has 5 heteroatoms. The highest BCUT2D eigenvalue weighted by Crippen LogP contribution is 2.24. The third-order valence-corrected chi connectivity index (χ3v) is 5.94. The Labute approximate surface area is 117 Å². The molecule has 0 spiro atoms. The molecule has 1 aromatic rings. The lowest BCUT2D eigenvalue weighted by molar-refractivity contribution is 0.564. The molecule has 1 N–H and O–H groups in total. The summed E-state index contributed by atoms with van der Waals surface area (Å²) in [5.41, 5.74) is 2.19. The van der Waals surface area contributed by atoms with Crippen LogP contribution in [0.4, 0.5) is 0 Å². The van der Waals surface area contributed by atoms with Crippen molar-refractivity contribution >= 4 is 26.0 Å². The summed E-state index contributed by atoms with van der Waals surface area (Å²) in [6.07, 6.45) is 3.67. The molecule has 3 nitrogen and oxygen atoms in total. The molecule has 0 atom stereocenters. The monoisotopic (exact) mass is 331 g/mol. The minimum Gasteiger partial charge on any atom is -0.212 e. The van der Waals surface area contributed by atoms with Gasteiger partial charge in [-0.05, 0) is 24.0 Å². The van der Waals surface area contributed by atoms with Gasteiger partial charge in [0.1, 0.15) is 0 Å². The second-order valence-corrected chi connectivity index (χ2v) is 7.33. The molecule has 0 amide bonds. The predicted octanol–water partition coefficient (Wildman–Crippen LogP) is 2.94. The molecule has 0 heterocycles. The van der Waals surface area contributed by atoms with Gasteiger partial charge in [-0.1, -0.05) is 53.0 Å². The Morgan fingerprint density at radius 2 is 1.67 bits per heavy atom. The molecule has 18 heavy (non-hydrogen) atoms. The number of hydrogen-bond donors (Lipinski definition) is 1. The van der Waals surface area contributed by atoms with Crippen molar-refractivity contribution in [1.82, 2.24) is 4.72 Å². The van der Waals surface area contributed by atoms with E-state index in [4.69, 9.17) is 0 Å². The van der Waals surface area contributed by atoms with E-state index in [2.05, 4.69) is 20.7 Å². The lowest BCUT2D eigenvalue weighted by atomic mass is 10.2. The molecule has 1 fully saturated rings. The minimum atomic E-state index is -3.13. The van der Waals surface area contributed by atoms with Crippen molar-refractivity contribution in [2.75, 3.05) is 0 Å². The van der Waals surface area contributed by atoms with Crippen molar-refractivity contribution in [2.45, 2.75) is 42.8 Å². The van der Waals surface area contributed by atoms with Crippen molar-refractivity contribution in [3.8, 4) is 0 Å². The molecule has 1 aliphatic rings. The van der Waals surface area contributed by atoms with Gasteiger partial charge in [-0.3, -0.25) is 0 Å². The molecule has 0 aliphatic heterocycles. The van der Waals surface area contributed by atoms with E-state index in [0.717, 1.165) is 36.6 Å². The number of hydrogen-bond acceptors (Lipinski definition) is 2. The molecule has 2 rings (SSSR count). The second kappa shape index (κ2) is 6.17. The Bertz CT molecular complexity index is 478. The summed E-state index contributed by atoms with van der Waals surface area (Å²) >= 11 is 3.39. The molecule has 1 aromatic carbocycles. The number of nitrogens with one attached hydrogen (secondary N) is 1. The smallest absolute Gasteiger partial charge is 0.212 e. The van der Waals surface area contributed by atoms with Crippen LogP contribution in [-0.4, -0.2) is 13.7 Å². The van der Waals surface area contributed by atoms with Crippen molar-refractivity contribution in [1.29, 1.82) is 0 Å². The van der Waals surface area contributed by atoms with Gasteiger partial charge in [0.05, 0.1) is 5.25 Å².